The molecule has 9 heteroatoms. The van der Waals surface area contributed by atoms with Crippen LogP contribution in [-0.2, 0) is 19.1 Å². The predicted molar refractivity (Wildman–Crippen MR) is 89.7 cm³/mol. The summed E-state index contributed by atoms with van der Waals surface area (Å²) in [6.45, 7) is 13.1. The maximum Gasteiger partial charge on any atom is 3.00 e. The molecule has 144 valence electrons. The second-order valence-electron chi connectivity index (χ2n) is 4.62. The van der Waals surface area contributed by atoms with E-state index in [4.69, 9.17) is 39.7 Å². The van der Waals surface area contributed by atoms with Crippen LogP contribution < -0.4 is 15.3 Å². The standard InChI is InChI=1S/C6H14O.C4H7N.3C2H4O2.Al/c1-5(2)7-6(3)4;1-2-3-4-5;3*1-2(3)4;/h5-6H,1-4H3;2-3H2,1H3;3*1H3,(H,3,4);/q;;;;;+3/p-3. The quantitative estimate of drug-likeness (QED) is 0.570. The third-order valence-electron chi connectivity index (χ3n) is 0.906. The van der Waals surface area contributed by atoms with E-state index in [1.165, 1.54) is 0 Å². The van der Waals surface area contributed by atoms with Gasteiger partial charge >= 0.3 is 17.4 Å². The molecule has 0 bridgehead atoms. The van der Waals surface area contributed by atoms with Crippen molar-refractivity contribution in [2.45, 2.75) is 80.4 Å². The Kier molecular flexibility index (Phi) is 52.5. The third kappa shape index (κ3) is 483. The molecule has 25 heavy (non-hydrogen) atoms. The molecule has 0 aromatic rings. The number of rotatable bonds is 3. The van der Waals surface area contributed by atoms with Crippen LogP contribution in [0.15, 0.2) is 0 Å². The maximum absolute atomic E-state index is 8.89. The average Bonchev–Trinajstić information content (AvgIpc) is 2.25. The van der Waals surface area contributed by atoms with Crippen molar-refractivity contribution >= 4 is 35.3 Å². The number of unbranched alkanes of at least 4 members (excludes halogenated alkanes) is 1. The molecule has 0 heterocycles. The minimum atomic E-state index is -1.08. The zero-order chi connectivity index (χ0) is 20.7. The maximum atomic E-state index is 8.89. The van der Waals surface area contributed by atoms with E-state index in [0.717, 1.165) is 27.2 Å². The molecule has 0 amide bonds. The molecule has 0 aromatic carbocycles. The first-order valence-corrected chi connectivity index (χ1v) is 7.29. The molecule has 0 spiro atoms. The second-order valence-corrected chi connectivity index (χ2v) is 4.62. The summed E-state index contributed by atoms with van der Waals surface area (Å²) in [5.74, 6) is -3.25. The molecule has 0 rings (SSSR count). The molecule has 0 aromatic heterocycles. The van der Waals surface area contributed by atoms with Gasteiger partial charge in [0.25, 0.3) is 0 Å². The number of nitriles is 1. The van der Waals surface area contributed by atoms with Crippen molar-refractivity contribution in [3.05, 3.63) is 0 Å². The smallest absolute Gasteiger partial charge is 0.550 e. The van der Waals surface area contributed by atoms with Crippen molar-refractivity contribution in [3.63, 3.8) is 0 Å². The third-order valence-corrected chi connectivity index (χ3v) is 0.906. The van der Waals surface area contributed by atoms with Gasteiger partial charge in [-0.2, -0.15) is 5.26 Å². The minimum absolute atomic E-state index is 0. The predicted octanol–water partition coefficient (Wildman–Crippen LogP) is -0.982. The van der Waals surface area contributed by atoms with Crippen LogP contribution in [0.3, 0.4) is 0 Å². The molecular weight excluding hydrogens is 345 g/mol. The van der Waals surface area contributed by atoms with Gasteiger partial charge in [-0.05, 0) is 54.9 Å². The second kappa shape index (κ2) is 33.9. The Labute approximate surface area is 161 Å². The van der Waals surface area contributed by atoms with E-state index in [1.54, 1.807) is 0 Å². The van der Waals surface area contributed by atoms with E-state index < -0.39 is 17.9 Å². The summed E-state index contributed by atoms with van der Waals surface area (Å²) in [5.41, 5.74) is 0. The fraction of sp³-hybridized carbons (Fsp3) is 0.750. The Bertz CT molecular complexity index is 293. The molecule has 0 saturated carbocycles. The fourth-order valence-electron chi connectivity index (χ4n) is 0.656. The molecule has 0 unspecified atom stereocenters. The van der Waals surface area contributed by atoms with E-state index in [0.29, 0.717) is 18.6 Å². The van der Waals surface area contributed by atoms with Crippen LogP contribution in [0.1, 0.15) is 68.2 Å². The van der Waals surface area contributed by atoms with Crippen molar-refractivity contribution in [2.75, 3.05) is 0 Å². The van der Waals surface area contributed by atoms with Crippen molar-refractivity contribution in [1.29, 1.82) is 5.26 Å². The monoisotopic (exact) mass is 375 g/mol. The van der Waals surface area contributed by atoms with E-state index in [2.05, 4.69) is 0 Å². The molecule has 0 aliphatic heterocycles. The van der Waals surface area contributed by atoms with Gasteiger partial charge in [-0.1, -0.05) is 6.92 Å². The Morgan fingerprint density at radius 2 is 1.08 bits per heavy atom. The number of carbonyl (C=O) groups excluding carboxylic acids is 3. The minimum Gasteiger partial charge on any atom is -0.550 e. The van der Waals surface area contributed by atoms with Gasteiger partial charge < -0.3 is 34.4 Å². The van der Waals surface area contributed by atoms with Gasteiger partial charge in [-0.25, -0.2) is 0 Å². The largest absolute Gasteiger partial charge is 3.00 e. The van der Waals surface area contributed by atoms with E-state index in [9.17, 15) is 0 Å². The summed E-state index contributed by atoms with van der Waals surface area (Å²) in [7, 11) is 0. The molecule has 0 N–H and O–H groups in total. The van der Waals surface area contributed by atoms with Gasteiger partial charge in [0.1, 0.15) is 0 Å². The number of nitrogens with zero attached hydrogens (tertiary/aromatic N) is 1. The van der Waals surface area contributed by atoms with Crippen molar-refractivity contribution in [1.82, 2.24) is 0 Å². The average molecular weight is 375 g/mol. The molecule has 0 radical (unpaired) electrons. The molecule has 0 saturated heterocycles. The molecule has 8 nitrogen and oxygen atoms in total. The van der Waals surface area contributed by atoms with Gasteiger partial charge in [0, 0.05) is 24.3 Å². The van der Waals surface area contributed by atoms with Gasteiger partial charge in [0.2, 0.25) is 0 Å². The summed E-state index contributed by atoms with van der Waals surface area (Å²) in [6.07, 6.45) is 2.43. The fourth-order valence-corrected chi connectivity index (χ4v) is 0.656. The number of ether oxygens (including phenoxy) is 1. The van der Waals surface area contributed by atoms with E-state index in [-0.39, 0.29) is 17.4 Å². The number of carbonyl (C=O) groups is 3. The van der Waals surface area contributed by atoms with Gasteiger partial charge in [-0.15, -0.1) is 0 Å². The topological polar surface area (TPSA) is 153 Å². The van der Waals surface area contributed by atoms with Crippen molar-refractivity contribution in [3.8, 4) is 6.07 Å². The first kappa shape index (κ1) is 38.8. The zero-order valence-corrected chi connectivity index (χ0v) is 17.6. The Morgan fingerprint density at radius 1 is 0.880 bits per heavy atom. The van der Waals surface area contributed by atoms with Gasteiger partial charge in [-0.3, -0.25) is 0 Å². The van der Waals surface area contributed by atoms with E-state index >= 15 is 0 Å². The number of hydrogen-bond donors (Lipinski definition) is 0. The Morgan fingerprint density at radius 3 is 1.08 bits per heavy atom. The van der Waals surface area contributed by atoms with Crippen molar-refractivity contribution in [2.24, 2.45) is 0 Å². The van der Waals surface area contributed by atoms with Crippen LogP contribution in [0.25, 0.3) is 0 Å². The first-order valence-electron chi connectivity index (χ1n) is 7.29. The number of carboxylic acid groups (broad SMARTS) is 3. The van der Waals surface area contributed by atoms with Gasteiger partial charge in [0.05, 0.1) is 18.3 Å². The van der Waals surface area contributed by atoms with Crippen molar-refractivity contribution < 1.29 is 34.4 Å². The summed E-state index contributed by atoms with van der Waals surface area (Å²) in [5, 5.41) is 34.5. The zero-order valence-electron chi connectivity index (χ0n) is 16.5. The summed E-state index contributed by atoms with van der Waals surface area (Å²) < 4.78 is 5.25. The van der Waals surface area contributed by atoms with Crippen LogP contribution in [0, 0.1) is 11.3 Å². The van der Waals surface area contributed by atoms with Gasteiger partial charge in [0.15, 0.2) is 0 Å². The number of aliphatic carboxylic acids is 3. The molecule has 0 atom stereocenters. The van der Waals surface area contributed by atoms with Crippen LogP contribution in [0.2, 0.25) is 0 Å². The Balaban J connectivity index is -0.0000000457. The van der Waals surface area contributed by atoms with Crippen LogP contribution in [-0.4, -0.2) is 47.5 Å². The molecule has 0 aliphatic rings. The SMILES string of the molecule is CC(=O)[O-].CC(=O)[O-].CC(=O)[O-].CC(C)OC(C)C.CCCC#N.[Al+3]. The normalized spacial score (nSPS) is 7.40. The van der Waals surface area contributed by atoms with E-state index in [1.807, 2.05) is 40.7 Å². The summed E-state index contributed by atoms with van der Waals surface area (Å²) in [4.78, 5) is 26.7. The number of carboxylic acids is 3. The summed E-state index contributed by atoms with van der Waals surface area (Å²) >= 11 is 0. The van der Waals surface area contributed by atoms with Crippen LogP contribution >= 0.6 is 0 Å². The first-order chi connectivity index (χ1) is 10.7. The molecule has 0 fully saturated rings. The summed E-state index contributed by atoms with van der Waals surface area (Å²) in [6, 6.07) is 2.02. The molecular formula is C16H30AlNO7. The number of hydrogen-bond acceptors (Lipinski definition) is 8. The Hall–Kier alpha value is -1.61. The van der Waals surface area contributed by atoms with Crippen LogP contribution in [0.5, 0.6) is 0 Å². The van der Waals surface area contributed by atoms with Crippen LogP contribution in [0.4, 0.5) is 0 Å². The molecule has 0 aliphatic carbocycles.